The Bertz CT molecular complexity index is 319. The molecule has 3 N–H and O–H groups in total. The van der Waals surface area contributed by atoms with Crippen LogP contribution in [0.5, 0.6) is 0 Å². The molecular weight excluding hydrogens is 180 g/mol. The Kier molecular flexibility index (Phi) is 3.64. The second-order valence-corrected chi connectivity index (χ2v) is 3.22. The zero-order valence-electron chi connectivity index (χ0n) is 8.77. The quantitative estimate of drug-likeness (QED) is 0.659. The van der Waals surface area contributed by atoms with E-state index in [1.165, 1.54) is 0 Å². The summed E-state index contributed by atoms with van der Waals surface area (Å²) < 4.78 is 0. The number of aromatic amines is 1. The van der Waals surface area contributed by atoms with Crippen LogP contribution >= 0.6 is 0 Å². The van der Waals surface area contributed by atoms with Crippen LogP contribution in [0.4, 0.5) is 5.82 Å². The van der Waals surface area contributed by atoms with E-state index < -0.39 is 0 Å². The van der Waals surface area contributed by atoms with E-state index in [4.69, 9.17) is 0 Å². The average Bonchev–Trinajstić information content (AvgIpc) is 2.46. The molecule has 0 radical (unpaired) electrons. The lowest BCUT2D eigenvalue weighted by Crippen LogP contribution is -2.19. The third-order valence-corrected chi connectivity index (χ3v) is 2.11. The molecule has 78 valence electrons. The molecule has 0 saturated heterocycles. The van der Waals surface area contributed by atoms with Crippen molar-refractivity contribution >= 4 is 11.7 Å². The van der Waals surface area contributed by atoms with E-state index in [-0.39, 0.29) is 5.91 Å². The average molecular weight is 196 g/mol. The molecule has 0 unspecified atom stereocenters. The number of carbonyl (C=O) groups excluding carboxylic acids is 1. The molecule has 0 aliphatic carbocycles. The second kappa shape index (κ2) is 4.76. The first-order chi connectivity index (χ1) is 6.65. The van der Waals surface area contributed by atoms with Crippen LogP contribution in [0.3, 0.4) is 0 Å². The van der Waals surface area contributed by atoms with Gasteiger partial charge in [0.05, 0.1) is 0 Å². The standard InChI is InChI=1S/C9H16N4O/c1-6-7(2)12-13-9(6)11-8(14)4-5-10-3/h10H,4-5H2,1-3H3,(H2,11,12,13,14). The maximum Gasteiger partial charge on any atom is 0.226 e. The van der Waals surface area contributed by atoms with Crippen LogP contribution in [0.1, 0.15) is 17.7 Å². The van der Waals surface area contributed by atoms with Crippen molar-refractivity contribution in [1.29, 1.82) is 0 Å². The Morgan fingerprint density at radius 3 is 2.71 bits per heavy atom. The summed E-state index contributed by atoms with van der Waals surface area (Å²) in [4.78, 5) is 11.3. The van der Waals surface area contributed by atoms with Gasteiger partial charge in [-0.2, -0.15) is 5.10 Å². The monoisotopic (exact) mass is 196 g/mol. The molecule has 1 aromatic rings. The number of nitrogens with one attached hydrogen (secondary N) is 3. The highest BCUT2D eigenvalue weighted by molar-refractivity contribution is 5.90. The highest BCUT2D eigenvalue weighted by Crippen LogP contribution is 2.13. The number of hydrogen-bond donors (Lipinski definition) is 3. The van der Waals surface area contributed by atoms with Gasteiger partial charge in [-0.1, -0.05) is 0 Å². The number of hydrogen-bond acceptors (Lipinski definition) is 3. The predicted octanol–water partition coefficient (Wildman–Crippen LogP) is 0.575. The Morgan fingerprint density at radius 1 is 1.50 bits per heavy atom. The van der Waals surface area contributed by atoms with Crippen molar-refractivity contribution in [3.05, 3.63) is 11.3 Å². The summed E-state index contributed by atoms with van der Waals surface area (Å²) in [6.07, 6.45) is 0.460. The second-order valence-electron chi connectivity index (χ2n) is 3.22. The van der Waals surface area contributed by atoms with Crippen molar-refractivity contribution < 1.29 is 4.79 Å². The molecule has 0 aromatic carbocycles. The molecule has 0 atom stereocenters. The molecule has 1 aromatic heterocycles. The van der Waals surface area contributed by atoms with Gasteiger partial charge in [0.25, 0.3) is 0 Å². The van der Waals surface area contributed by atoms with Crippen molar-refractivity contribution in [3.63, 3.8) is 0 Å². The molecule has 14 heavy (non-hydrogen) atoms. The Labute approximate surface area is 83.3 Å². The summed E-state index contributed by atoms with van der Waals surface area (Å²) >= 11 is 0. The first-order valence-corrected chi connectivity index (χ1v) is 4.61. The summed E-state index contributed by atoms with van der Waals surface area (Å²) in [6, 6.07) is 0. The number of aromatic nitrogens is 2. The molecule has 0 bridgehead atoms. The summed E-state index contributed by atoms with van der Waals surface area (Å²) in [6.45, 7) is 4.52. The van der Waals surface area contributed by atoms with Crippen molar-refractivity contribution in [2.45, 2.75) is 20.3 Å². The number of carbonyl (C=O) groups is 1. The molecule has 0 aliphatic rings. The van der Waals surface area contributed by atoms with Gasteiger partial charge in [0.15, 0.2) is 5.82 Å². The SMILES string of the molecule is CNCCC(=O)Nc1n[nH]c(C)c1C. The minimum absolute atomic E-state index is 0.0195. The van der Waals surface area contributed by atoms with Gasteiger partial charge in [0.2, 0.25) is 5.91 Å². The van der Waals surface area contributed by atoms with Crippen LogP contribution in [0, 0.1) is 13.8 Å². The fourth-order valence-electron chi connectivity index (χ4n) is 1.04. The first kappa shape index (κ1) is 10.7. The molecule has 0 spiro atoms. The zero-order valence-corrected chi connectivity index (χ0v) is 8.77. The third kappa shape index (κ3) is 2.56. The minimum Gasteiger partial charge on any atom is -0.319 e. The topological polar surface area (TPSA) is 69.8 Å². The lowest BCUT2D eigenvalue weighted by atomic mass is 10.3. The molecule has 0 saturated carbocycles. The third-order valence-electron chi connectivity index (χ3n) is 2.11. The Balaban J connectivity index is 2.52. The van der Waals surface area contributed by atoms with Crippen LogP contribution in [0.15, 0.2) is 0 Å². The highest BCUT2D eigenvalue weighted by atomic mass is 16.1. The smallest absolute Gasteiger partial charge is 0.226 e. The summed E-state index contributed by atoms with van der Waals surface area (Å²) in [5, 5.41) is 12.5. The summed E-state index contributed by atoms with van der Waals surface area (Å²) in [5.41, 5.74) is 1.97. The van der Waals surface area contributed by atoms with E-state index in [1.54, 1.807) is 0 Å². The lowest BCUT2D eigenvalue weighted by Gasteiger charge is -2.02. The van der Waals surface area contributed by atoms with Crippen LogP contribution in [-0.4, -0.2) is 29.7 Å². The first-order valence-electron chi connectivity index (χ1n) is 4.61. The van der Waals surface area contributed by atoms with Gasteiger partial charge in [0, 0.05) is 24.2 Å². The number of anilines is 1. The molecule has 5 heteroatoms. The molecule has 0 fully saturated rings. The molecule has 0 aliphatic heterocycles. The normalized spacial score (nSPS) is 10.2. The molecular formula is C9H16N4O. The fraction of sp³-hybridized carbons (Fsp3) is 0.556. The van der Waals surface area contributed by atoms with E-state index in [9.17, 15) is 4.79 Å². The Morgan fingerprint density at radius 2 is 2.21 bits per heavy atom. The van der Waals surface area contributed by atoms with E-state index in [1.807, 2.05) is 20.9 Å². The fourth-order valence-corrected chi connectivity index (χ4v) is 1.04. The van der Waals surface area contributed by atoms with Crippen LogP contribution < -0.4 is 10.6 Å². The van der Waals surface area contributed by atoms with Crippen molar-refractivity contribution in [3.8, 4) is 0 Å². The van der Waals surface area contributed by atoms with Crippen molar-refractivity contribution in [2.75, 3.05) is 18.9 Å². The van der Waals surface area contributed by atoms with Crippen LogP contribution in [0.2, 0.25) is 0 Å². The van der Waals surface area contributed by atoms with Gasteiger partial charge >= 0.3 is 0 Å². The number of nitrogens with zero attached hydrogens (tertiary/aromatic N) is 1. The van der Waals surface area contributed by atoms with Gasteiger partial charge in [-0.05, 0) is 20.9 Å². The van der Waals surface area contributed by atoms with E-state index >= 15 is 0 Å². The molecule has 1 heterocycles. The largest absolute Gasteiger partial charge is 0.319 e. The summed E-state index contributed by atoms with van der Waals surface area (Å²) in [7, 11) is 1.82. The number of aryl methyl sites for hydroxylation is 1. The Hall–Kier alpha value is -1.36. The van der Waals surface area contributed by atoms with Crippen molar-refractivity contribution in [1.82, 2.24) is 15.5 Å². The van der Waals surface area contributed by atoms with E-state index in [0.717, 1.165) is 11.3 Å². The lowest BCUT2D eigenvalue weighted by molar-refractivity contribution is -0.116. The van der Waals surface area contributed by atoms with Gasteiger partial charge in [-0.25, -0.2) is 0 Å². The van der Waals surface area contributed by atoms with E-state index in [0.29, 0.717) is 18.8 Å². The predicted molar refractivity (Wildman–Crippen MR) is 55.2 cm³/mol. The number of H-pyrrole nitrogens is 1. The molecule has 1 amide bonds. The maximum absolute atomic E-state index is 11.3. The van der Waals surface area contributed by atoms with Gasteiger partial charge in [0.1, 0.15) is 0 Å². The van der Waals surface area contributed by atoms with Crippen LogP contribution in [-0.2, 0) is 4.79 Å². The minimum atomic E-state index is -0.0195. The van der Waals surface area contributed by atoms with Gasteiger partial charge < -0.3 is 10.6 Å². The zero-order chi connectivity index (χ0) is 10.6. The van der Waals surface area contributed by atoms with Gasteiger partial charge in [-0.3, -0.25) is 9.89 Å². The highest BCUT2D eigenvalue weighted by Gasteiger charge is 2.08. The number of rotatable bonds is 4. The van der Waals surface area contributed by atoms with E-state index in [2.05, 4.69) is 20.8 Å². The molecule has 1 rings (SSSR count). The van der Waals surface area contributed by atoms with Crippen molar-refractivity contribution in [2.24, 2.45) is 0 Å². The van der Waals surface area contributed by atoms with Crippen LogP contribution in [0.25, 0.3) is 0 Å². The van der Waals surface area contributed by atoms with Gasteiger partial charge in [-0.15, -0.1) is 0 Å². The number of amides is 1. The summed E-state index contributed by atoms with van der Waals surface area (Å²) in [5.74, 6) is 0.609. The maximum atomic E-state index is 11.3. The molecule has 5 nitrogen and oxygen atoms in total.